The maximum atomic E-state index is 12.8. The average Bonchev–Trinajstić information content (AvgIpc) is 2.38. The van der Waals surface area contributed by atoms with Gasteiger partial charge >= 0.3 is 0 Å². The molecule has 0 aromatic heterocycles. The van der Waals surface area contributed by atoms with Crippen LogP contribution in [-0.4, -0.2) is 19.0 Å². The molecule has 1 aromatic rings. The van der Waals surface area contributed by atoms with Gasteiger partial charge in [-0.15, -0.1) is 0 Å². The van der Waals surface area contributed by atoms with E-state index in [9.17, 15) is 9.18 Å². The fourth-order valence-corrected chi connectivity index (χ4v) is 1.20. The quantitative estimate of drug-likeness (QED) is 0.807. The molecule has 0 saturated heterocycles. The largest absolute Gasteiger partial charge is 0.382 e. The summed E-state index contributed by atoms with van der Waals surface area (Å²) in [6.45, 7) is 6.37. The highest BCUT2D eigenvalue weighted by molar-refractivity contribution is 5.72. The Bertz CT molecular complexity index is 427. The van der Waals surface area contributed by atoms with Crippen LogP contribution in [0, 0.1) is 17.1 Å². The number of amides is 1. The van der Waals surface area contributed by atoms with Crippen molar-refractivity contribution in [3.63, 3.8) is 0 Å². The van der Waals surface area contributed by atoms with E-state index < -0.39 is 5.82 Å². The molecule has 0 bridgehead atoms. The second kappa shape index (κ2) is 8.99. The van der Waals surface area contributed by atoms with Crippen molar-refractivity contribution >= 4 is 11.6 Å². The number of hydrogen-bond donors (Lipinski definition) is 2. The van der Waals surface area contributed by atoms with E-state index in [1.54, 1.807) is 0 Å². The first-order chi connectivity index (χ1) is 8.63. The van der Waals surface area contributed by atoms with Crippen LogP contribution in [0.15, 0.2) is 18.2 Å². The first kappa shape index (κ1) is 15.9. The molecule has 18 heavy (non-hydrogen) atoms. The molecule has 0 spiro atoms. The van der Waals surface area contributed by atoms with Crippen molar-refractivity contribution < 1.29 is 9.18 Å². The summed E-state index contributed by atoms with van der Waals surface area (Å²) in [5.41, 5.74) is 0.817. The Balaban J connectivity index is 0.00000137. The maximum Gasteiger partial charge on any atom is 0.216 e. The summed E-state index contributed by atoms with van der Waals surface area (Å²) in [5, 5.41) is 14.3. The van der Waals surface area contributed by atoms with Crippen molar-refractivity contribution in [2.75, 3.05) is 18.4 Å². The van der Waals surface area contributed by atoms with Gasteiger partial charge in [-0.05, 0) is 18.2 Å². The molecular weight excluding hydrogens is 233 g/mol. The normalized spacial score (nSPS) is 8.61. The Morgan fingerprint density at radius 1 is 1.39 bits per heavy atom. The van der Waals surface area contributed by atoms with E-state index in [1.165, 1.54) is 25.1 Å². The topological polar surface area (TPSA) is 64.9 Å². The zero-order chi connectivity index (χ0) is 14.0. The third-order valence-corrected chi connectivity index (χ3v) is 1.92. The minimum Gasteiger partial charge on any atom is -0.382 e. The summed E-state index contributed by atoms with van der Waals surface area (Å²) in [6, 6.07) is 5.84. The average molecular weight is 251 g/mol. The number of nitrogens with one attached hydrogen (secondary N) is 2. The van der Waals surface area contributed by atoms with Crippen LogP contribution < -0.4 is 10.6 Å². The van der Waals surface area contributed by atoms with Gasteiger partial charge in [-0.3, -0.25) is 4.79 Å². The molecule has 4 nitrogen and oxygen atoms in total. The molecule has 0 atom stereocenters. The predicted octanol–water partition coefficient (Wildman–Crippen LogP) is 2.27. The molecule has 0 aliphatic heterocycles. The molecule has 98 valence electrons. The van der Waals surface area contributed by atoms with Gasteiger partial charge < -0.3 is 10.6 Å². The monoisotopic (exact) mass is 251 g/mol. The highest BCUT2D eigenvalue weighted by atomic mass is 19.1. The van der Waals surface area contributed by atoms with Crippen LogP contribution in [0.5, 0.6) is 0 Å². The summed E-state index contributed by atoms with van der Waals surface area (Å²) in [6.07, 6.45) is 0. The van der Waals surface area contributed by atoms with Crippen LogP contribution in [0.2, 0.25) is 0 Å². The van der Waals surface area contributed by atoms with Crippen LogP contribution >= 0.6 is 0 Å². The molecule has 0 aliphatic carbocycles. The van der Waals surface area contributed by atoms with E-state index >= 15 is 0 Å². The van der Waals surface area contributed by atoms with E-state index in [4.69, 9.17) is 5.26 Å². The van der Waals surface area contributed by atoms with Crippen molar-refractivity contribution in [3.05, 3.63) is 29.6 Å². The number of rotatable bonds is 4. The van der Waals surface area contributed by atoms with Crippen LogP contribution in [0.4, 0.5) is 10.1 Å². The van der Waals surface area contributed by atoms with Crippen LogP contribution in [-0.2, 0) is 4.79 Å². The number of nitrogens with zero attached hydrogens (tertiary/aromatic N) is 1. The van der Waals surface area contributed by atoms with Gasteiger partial charge in [0.2, 0.25) is 5.91 Å². The van der Waals surface area contributed by atoms with Gasteiger partial charge in [-0.1, -0.05) is 13.8 Å². The maximum absolute atomic E-state index is 12.8. The summed E-state index contributed by atoms with van der Waals surface area (Å²) in [4.78, 5) is 10.6. The lowest BCUT2D eigenvalue weighted by Crippen LogP contribution is -2.26. The highest BCUT2D eigenvalue weighted by Crippen LogP contribution is 2.15. The fourth-order valence-electron chi connectivity index (χ4n) is 1.20. The van der Waals surface area contributed by atoms with Crippen molar-refractivity contribution in [2.45, 2.75) is 20.8 Å². The van der Waals surface area contributed by atoms with Crippen molar-refractivity contribution in [1.82, 2.24) is 5.32 Å². The van der Waals surface area contributed by atoms with Crippen molar-refractivity contribution in [2.24, 2.45) is 0 Å². The number of carbonyl (C=O) groups is 1. The summed E-state index contributed by atoms with van der Waals surface area (Å²) in [7, 11) is 0. The Hall–Kier alpha value is -2.09. The number of hydrogen-bond acceptors (Lipinski definition) is 3. The van der Waals surface area contributed by atoms with Crippen molar-refractivity contribution in [3.8, 4) is 6.07 Å². The smallest absolute Gasteiger partial charge is 0.216 e. The molecule has 0 radical (unpaired) electrons. The molecule has 2 N–H and O–H groups in total. The number of halogens is 1. The van der Waals surface area contributed by atoms with E-state index in [-0.39, 0.29) is 11.5 Å². The Morgan fingerprint density at radius 3 is 2.61 bits per heavy atom. The Kier molecular flexibility index (Phi) is 7.95. The highest BCUT2D eigenvalue weighted by Gasteiger charge is 2.02. The van der Waals surface area contributed by atoms with Gasteiger partial charge in [0.25, 0.3) is 0 Å². The molecular formula is C13H18FN3O. The molecule has 0 saturated carbocycles. The van der Waals surface area contributed by atoms with Gasteiger partial charge in [0.1, 0.15) is 11.9 Å². The van der Waals surface area contributed by atoms with Gasteiger partial charge in [0, 0.05) is 20.0 Å². The molecule has 0 unspecified atom stereocenters. The first-order valence-electron chi connectivity index (χ1n) is 5.81. The number of carbonyl (C=O) groups excluding carboxylic acids is 1. The molecule has 0 aliphatic rings. The Labute approximate surface area is 107 Å². The van der Waals surface area contributed by atoms with Crippen LogP contribution in [0.3, 0.4) is 0 Å². The molecule has 0 fully saturated rings. The predicted molar refractivity (Wildman–Crippen MR) is 69.6 cm³/mol. The van der Waals surface area contributed by atoms with Crippen LogP contribution in [0.25, 0.3) is 0 Å². The molecule has 0 heterocycles. The minimum absolute atomic E-state index is 0.110. The van der Waals surface area contributed by atoms with E-state index in [2.05, 4.69) is 10.6 Å². The fraction of sp³-hybridized carbons (Fsp3) is 0.385. The summed E-state index contributed by atoms with van der Waals surface area (Å²) >= 11 is 0. The van der Waals surface area contributed by atoms with E-state index in [0.717, 1.165) is 0 Å². The van der Waals surface area contributed by atoms with Gasteiger partial charge in [-0.2, -0.15) is 5.26 Å². The second-order valence-electron chi connectivity index (χ2n) is 3.21. The minimum atomic E-state index is -0.441. The third-order valence-electron chi connectivity index (χ3n) is 1.92. The standard InChI is InChI=1S/C11H12FN3O.C2H6/c1-8(16)14-4-5-15-11-3-2-10(12)6-9(11)7-13;1-2/h2-3,6,15H,4-5H2,1H3,(H,14,16);1-2H3. The zero-order valence-electron chi connectivity index (χ0n) is 10.9. The summed E-state index contributed by atoms with van der Waals surface area (Å²) in [5.74, 6) is -0.551. The van der Waals surface area contributed by atoms with Gasteiger partial charge in [0.05, 0.1) is 11.3 Å². The molecule has 1 rings (SSSR count). The van der Waals surface area contributed by atoms with Crippen LogP contribution in [0.1, 0.15) is 26.3 Å². The van der Waals surface area contributed by atoms with Gasteiger partial charge in [0.15, 0.2) is 0 Å². The molecule has 1 amide bonds. The van der Waals surface area contributed by atoms with Gasteiger partial charge in [-0.25, -0.2) is 4.39 Å². The zero-order valence-corrected chi connectivity index (χ0v) is 10.9. The lowest BCUT2D eigenvalue weighted by Gasteiger charge is -2.08. The molecule has 5 heteroatoms. The lowest BCUT2D eigenvalue weighted by atomic mass is 10.2. The van der Waals surface area contributed by atoms with E-state index in [0.29, 0.717) is 18.8 Å². The summed E-state index contributed by atoms with van der Waals surface area (Å²) < 4.78 is 12.8. The Morgan fingerprint density at radius 2 is 2.06 bits per heavy atom. The number of anilines is 1. The third kappa shape index (κ3) is 5.85. The molecule has 1 aromatic carbocycles. The number of benzene rings is 1. The van der Waals surface area contributed by atoms with E-state index in [1.807, 2.05) is 19.9 Å². The first-order valence-corrected chi connectivity index (χ1v) is 5.81. The lowest BCUT2D eigenvalue weighted by molar-refractivity contribution is -0.118. The number of nitriles is 1. The van der Waals surface area contributed by atoms with Crippen molar-refractivity contribution in [1.29, 1.82) is 5.26 Å². The SMILES string of the molecule is CC.CC(=O)NCCNc1ccc(F)cc1C#N. The second-order valence-corrected chi connectivity index (χ2v) is 3.21.